The minimum atomic E-state index is -3.40. The van der Waals surface area contributed by atoms with Crippen molar-refractivity contribution >= 4 is 27.2 Å². The second kappa shape index (κ2) is 6.50. The van der Waals surface area contributed by atoms with Crippen molar-refractivity contribution in [1.29, 1.82) is 0 Å². The molecule has 0 aliphatic carbocycles. The molecule has 1 saturated heterocycles. The van der Waals surface area contributed by atoms with Crippen LogP contribution in [0.25, 0.3) is 5.82 Å². The molecular formula is C14H15N7O2S2. The third-order valence-electron chi connectivity index (χ3n) is 3.94. The number of anilines is 1. The van der Waals surface area contributed by atoms with Gasteiger partial charge in [0.05, 0.1) is 0 Å². The van der Waals surface area contributed by atoms with Gasteiger partial charge in [-0.25, -0.2) is 28.1 Å². The van der Waals surface area contributed by atoms with Crippen molar-refractivity contribution < 1.29 is 8.42 Å². The number of nitrogens with zero attached hydrogens (tertiary/aromatic N) is 7. The summed E-state index contributed by atoms with van der Waals surface area (Å²) in [6, 6.07) is 5.21. The molecule has 11 heteroatoms. The molecule has 0 aromatic carbocycles. The van der Waals surface area contributed by atoms with Crippen molar-refractivity contribution in [1.82, 2.24) is 29.0 Å². The van der Waals surface area contributed by atoms with Crippen molar-refractivity contribution in [2.45, 2.75) is 4.21 Å². The van der Waals surface area contributed by atoms with Crippen LogP contribution in [0.4, 0.5) is 5.82 Å². The van der Waals surface area contributed by atoms with Crippen molar-refractivity contribution in [3.8, 4) is 5.82 Å². The van der Waals surface area contributed by atoms with Gasteiger partial charge in [-0.1, -0.05) is 6.07 Å². The van der Waals surface area contributed by atoms with Crippen LogP contribution in [0.1, 0.15) is 0 Å². The van der Waals surface area contributed by atoms with E-state index in [0.717, 1.165) is 5.82 Å². The molecule has 130 valence electrons. The Hall–Kier alpha value is -2.37. The van der Waals surface area contributed by atoms with Crippen LogP contribution in [0.3, 0.4) is 0 Å². The molecule has 0 saturated carbocycles. The Morgan fingerprint density at radius 3 is 2.52 bits per heavy atom. The summed E-state index contributed by atoms with van der Waals surface area (Å²) in [6.45, 7) is 1.97. The number of aromatic nitrogens is 5. The molecule has 4 heterocycles. The number of piperazine rings is 1. The predicted octanol–water partition coefficient (Wildman–Crippen LogP) is 0.630. The minimum Gasteiger partial charge on any atom is -0.354 e. The van der Waals surface area contributed by atoms with Gasteiger partial charge < -0.3 is 4.90 Å². The molecule has 0 spiro atoms. The fraction of sp³-hybridized carbons (Fsp3) is 0.286. The number of thiophene rings is 1. The monoisotopic (exact) mass is 377 g/mol. The van der Waals surface area contributed by atoms with E-state index >= 15 is 0 Å². The molecule has 4 rings (SSSR count). The first-order chi connectivity index (χ1) is 12.1. The summed E-state index contributed by atoms with van der Waals surface area (Å²) in [7, 11) is -3.40. The number of sulfonamides is 1. The van der Waals surface area contributed by atoms with Crippen LogP contribution in [-0.2, 0) is 10.0 Å². The van der Waals surface area contributed by atoms with Crippen molar-refractivity contribution in [2.75, 3.05) is 31.1 Å². The molecule has 3 aromatic heterocycles. The highest BCUT2D eigenvalue weighted by Crippen LogP contribution is 2.23. The van der Waals surface area contributed by atoms with Gasteiger partial charge in [-0.15, -0.1) is 11.3 Å². The van der Waals surface area contributed by atoms with Gasteiger partial charge in [0, 0.05) is 32.2 Å². The highest BCUT2D eigenvalue weighted by Gasteiger charge is 2.29. The lowest BCUT2D eigenvalue weighted by molar-refractivity contribution is 0.384. The Morgan fingerprint density at radius 1 is 1.04 bits per heavy atom. The quantitative estimate of drug-likeness (QED) is 0.658. The molecule has 0 radical (unpaired) electrons. The van der Waals surface area contributed by atoms with Gasteiger partial charge in [-0.05, 0) is 11.4 Å². The van der Waals surface area contributed by atoms with Crippen LogP contribution in [0.2, 0.25) is 0 Å². The maximum absolute atomic E-state index is 12.6. The van der Waals surface area contributed by atoms with Gasteiger partial charge in [-0.3, -0.25) is 0 Å². The summed E-state index contributed by atoms with van der Waals surface area (Å²) >= 11 is 1.24. The summed E-state index contributed by atoms with van der Waals surface area (Å²) in [6.07, 6.45) is 4.48. The standard InChI is InChI=1S/C14H15N7O2S2/c22-25(23,14-2-1-7-24-14)20-5-3-19(4-6-20)12-8-13(17-10-16-12)21-11-15-9-18-21/h1-2,7-11H,3-6H2. The molecule has 0 N–H and O–H groups in total. The van der Waals surface area contributed by atoms with Crippen LogP contribution >= 0.6 is 11.3 Å². The zero-order valence-corrected chi connectivity index (χ0v) is 14.8. The van der Waals surface area contributed by atoms with Gasteiger partial charge in [0.15, 0.2) is 5.82 Å². The van der Waals surface area contributed by atoms with Gasteiger partial charge in [0.25, 0.3) is 10.0 Å². The first kappa shape index (κ1) is 16.1. The lowest BCUT2D eigenvalue weighted by atomic mass is 10.3. The molecule has 1 aliphatic rings. The first-order valence-corrected chi connectivity index (χ1v) is 9.92. The van der Waals surface area contributed by atoms with E-state index in [9.17, 15) is 8.42 Å². The van der Waals surface area contributed by atoms with E-state index < -0.39 is 10.0 Å². The lowest BCUT2D eigenvalue weighted by Crippen LogP contribution is -2.48. The summed E-state index contributed by atoms with van der Waals surface area (Å²) in [5.41, 5.74) is 0. The van der Waals surface area contributed by atoms with Gasteiger partial charge in [0.2, 0.25) is 0 Å². The molecule has 0 bridgehead atoms. The van der Waals surface area contributed by atoms with E-state index in [2.05, 4.69) is 20.1 Å². The number of hydrogen-bond donors (Lipinski definition) is 0. The fourth-order valence-corrected chi connectivity index (χ4v) is 5.22. The highest BCUT2D eigenvalue weighted by molar-refractivity contribution is 7.91. The second-order valence-corrected chi connectivity index (χ2v) is 8.51. The van der Waals surface area contributed by atoms with Crippen molar-refractivity contribution in [3.63, 3.8) is 0 Å². The van der Waals surface area contributed by atoms with Gasteiger partial charge >= 0.3 is 0 Å². The third kappa shape index (κ3) is 3.13. The first-order valence-electron chi connectivity index (χ1n) is 7.60. The Bertz CT molecular complexity index is 933. The maximum Gasteiger partial charge on any atom is 0.252 e. The van der Waals surface area contributed by atoms with E-state index in [0.29, 0.717) is 36.2 Å². The summed E-state index contributed by atoms with van der Waals surface area (Å²) in [5.74, 6) is 1.37. The number of rotatable bonds is 4. The zero-order valence-electron chi connectivity index (χ0n) is 13.1. The number of hydrogen-bond acceptors (Lipinski definition) is 8. The molecule has 0 unspecified atom stereocenters. The Balaban J connectivity index is 1.48. The van der Waals surface area contributed by atoms with Gasteiger partial charge in [-0.2, -0.15) is 9.40 Å². The molecule has 25 heavy (non-hydrogen) atoms. The Morgan fingerprint density at radius 2 is 1.84 bits per heavy atom. The molecule has 9 nitrogen and oxygen atoms in total. The third-order valence-corrected chi connectivity index (χ3v) is 7.22. The van der Waals surface area contributed by atoms with Crippen molar-refractivity contribution in [2.24, 2.45) is 0 Å². The van der Waals surface area contributed by atoms with E-state index in [1.165, 1.54) is 28.3 Å². The van der Waals surface area contributed by atoms with Crippen LogP contribution in [0, 0.1) is 0 Å². The lowest BCUT2D eigenvalue weighted by Gasteiger charge is -2.34. The summed E-state index contributed by atoms with van der Waals surface area (Å²) < 4.78 is 28.6. The molecule has 0 atom stereocenters. The molecule has 1 aliphatic heterocycles. The Labute approximate surface area is 148 Å². The predicted molar refractivity (Wildman–Crippen MR) is 92.2 cm³/mol. The van der Waals surface area contributed by atoms with Crippen molar-refractivity contribution in [3.05, 3.63) is 42.6 Å². The minimum absolute atomic E-state index is 0.386. The normalized spacial score (nSPS) is 16.2. The average molecular weight is 377 g/mol. The van der Waals surface area contributed by atoms with Crippen LogP contribution in [0.5, 0.6) is 0 Å². The fourth-order valence-electron chi connectivity index (χ4n) is 2.66. The maximum atomic E-state index is 12.6. The average Bonchev–Trinajstić information content (AvgIpc) is 3.36. The van der Waals surface area contributed by atoms with Crippen LogP contribution in [0.15, 0.2) is 46.8 Å². The SMILES string of the molecule is O=S(=O)(c1cccs1)N1CCN(c2cc(-n3cncn3)ncn2)CC1. The van der Waals surface area contributed by atoms with E-state index in [1.54, 1.807) is 28.5 Å². The second-order valence-electron chi connectivity index (χ2n) is 5.40. The van der Waals surface area contributed by atoms with Gasteiger partial charge in [0.1, 0.15) is 29.0 Å². The molecular weight excluding hydrogens is 362 g/mol. The Kier molecular flexibility index (Phi) is 4.19. The highest BCUT2D eigenvalue weighted by atomic mass is 32.2. The largest absolute Gasteiger partial charge is 0.354 e. The summed E-state index contributed by atoms with van der Waals surface area (Å²) in [4.78, 5) is 14.4. The zero-order chi connectivity index (χ0) is 17.3. The van der Waals surface area contributed by atoms with E-state index in [4.69, 9.17) is 0 Å². The molecule has 0 amide bonds. The molecule has 3 aromatic rings. The van der Waals surface area contributed by atoms with E-state index in [-0.39, 0.29) is 0 Å². The summed E-state index contributed by atoms with van der Waals surface area (Å²) in [5, 5.41) is 5.83. The van der Waals surface area contributed by atoms with Crippen LogP contribution < -0.4 is 4.90 Å². The smallest absolute Gasteiger partial charge is 0.252 e. The molecule has 1 fully saturated rings. The van der Waals surface area contributed by atoms with E-state index in [1.807, 2.05) is 11.0 Å². The topological polar surface area (TPSA) is 97.1 Å². The van der Waals surface area contributed by atoms with Crippen LogP contribution in [-0.4, -0.2) is 63.6 Å².